The number of alkyl halides is 3. The van der Waals surface area contributed by atoms with Crippen molar-refractivity contribution in [2.75, 3.05) is 10.6 Å². The normalized spacial score (nSPS) is 11.3. The van der Waals surface area contributed by atoms with Gasteiger partial charge in [0.1, 0.15) is 5.82 Å². The Labute approximate surface area is 173 Å². The van der Waals surface area contributed by atoms with Crippen molar-refractivity contribution in [3.63, 3.8) is 0 Å². The molecule has 3 rings (SSSR count). The molecule has 0 aliphatic carbocycles. The second kappa shape index (κ2) is 8.94. The Balaban J connectivity index is 1.72. The van der Waals surface area contributed by atoms with Gasteiger partial charge in [0.2, 0.25) is 11.8 Å². The first-order valence-corrected chi connectivity index (χ1v) is 8.99. The molecule has 0 aliphatic rings. The lowest BCUT2D eigenvalue weighted by atomic mass is 10.1. The van der Waals surface area contributed by atoms with Crippen LogP contribution < -0.4 is 10.6 Å². The second-order valence-electron chi connectivity index (χ2n) is 6.50. The molecule has 2 aromatic carbocycles. The zero-order valence-corrected chi connectivity index (χ0v) is 16.1. The molecule has 7 nitrogen and oxygen atoms in total. The summed E-state index contributed by atoms with van der Waals surface area (Å²) in [4.78, 5) is 28.2. The van der Waals surface area contributed by atoms with Crippen molar-refractivity contribution in [1.29, 1.82) is 0 Å². The zero-order valence-electron chi connectivity index (χ0n) is 16.1. The molecule has 0 fully saturated rings. The Bertz CT molecular complexity index is 1090. The number of anilines is 2. The van der Waals surface area contributed by atoms with Gasteiger partial charge in [0.05, 0.1) is 11.3 Å². The number of nitrogens with one attached hydrogen (secondary N) is 2. The molecule has 0 saturated carbocycles. The van der Waals surface area contributed by atoms with E-state index in [1.54, 1.807) is 6.92 Å². The van der Waals surface area contributed by atoms with Crippen LogP contribution in [0, 0.1) is 12.7 Å². The molecular formula is C20H16F4N4O3. The molecular weight excluding hydrogens is 420 g/mol. The van der Waals surface area contributed by atoms with E-state index in [9.17, 15) is 27.2 Å². The summed E-state index contributed by atoms with van der Waals surface area (Å²) in [6.45, 7) is 1.60. The Morgan fingerprint density at radius 3 is 2.39 bits per heavy atom. The average molecular weight is 436 g/mol. The highest BCUT2D eigenvalue weighted by atomic mass is 19.4. The quantitative estimate of drug-likeness (QED) is 0.560. The predicted octanol–water partition coefficient (Wildman–Crippen LogP) is 4.36. The molecule has 0 saturated heterocycles. The third-order valence-corrected chi connectivity index (χ3v) is 4.10. The summed E-state index contributed by atoms with van der Waals surface area (Å²) in [5.41, 5.74) is -1.66. The second-order valence-corrected chi connectivity index (χ2v) is 6.50. The topological polar surface area (TPSA) is 97.1 Å². The van der Waals surface area contributed by atoms with Gasteiger partial charge in [-0.1, -0.05) is 5.16 Å². The summed E-state index contributed by atoms with van der Waals surface area (Å²) >= 11 is 0. The fraction of sp³-hybridized carbons (Fsp3) is 0.200. The molecule has 0 spiro atoms. The van der Waals surface area contributed by atoms with Crippen LogP contribution in [0.4, 0.5) is 28.9 Å². The van der Waals surface area contributed by atoms with Crippen molar-refractivity contribution in [1.82, 2.24) is 10.1 Å². The van der Waals surface area contributed by atoms with Crippen LogP contribution in [0.25, 0.3) is 0 Å². The Kier molecular flexibility index (Phi) is 6.33. The minimum Gasteiger partial charge on any atom is -0.339 e. The SMILES string of the molecule is Cc1noc(CCC(=O)Nc2ccc(NC(=O)c3ccc(F)cc3)cc2C(F)(F)F)n1. The fourth-order valence-electron chi connectivity index (χ4n) is 2.64. The van der Waals surface area contributed by atoms with E-state index in [4.69, 9.17) is 4.52 Å². The molecule has 0 aliphatic heterocycles. The highest BCUT2D eigenvalue weighted by Crippen LogP contribution is 2.36. The van der Waals surface area contributed by atoms with Gasteiger partial charge in [0.15, 0.2) is 5.82 Å². The molecule has 31 heavy (non-hydrogen) atoms. The third kappa shape index (κ3) is 5.87. The minimum absolute atomic E-state index is 0.0693. The number of aryl methyl sites for hydroxylation is 2. The van der Waals surface area contributed by atoms with Crippen molar-refractivity contribution < 1.29 is 31.7 Å². The van der Waals surface area contributed by atoms with E-state index in [0.717, 1.165) is 18.2 Å². The van der Waals surface area contributed by atoms with Crippen molar-refractivity contribution in [2.24, 2.45) is 0 Å². The van der Waals surface area contributed by atoms with Crippen LogP contribution in [0.2, 0.25) is 0 Å². The average Bonchev–Trinajstić information content (AvgIpc) is 3.12. The molecule has 1 aromatic heterocycles. The van der Waals surface area contributed by atoms with Gasteiger partial charge in [0, 0.05) is 24.1 Å². The van der Waals surface area contributed by atoms with Crippen LogP contribution in [0.1, 0.15) is 34.1 Å². The fourth-order valence-corrected chi connectivity index (χ4v) is 2.64. The van der Waals surface area contributed by atoms with Gasteiger partial charge in [-0.05, 0) is 49.4 Å². The summed E-state index contributed by atoms with van der Waals surface area (Å²) in [5.74, 6) is -1.36. The number of carbonyl (C=O) groups is 2. The first-order chi connectivity index (χ1) is 14.6. The number of hydrogen-bond donors (Lipinski definition) is 2. The van der Waals surface area contributed by atoms with Crippen molar-refractivity contribution >= 4 is 23.2 Å². The molecule has 0 unspecified atom stereocenters. The van der Waals surface area contributed by atoms with E-state index in [1.807, 2.05) is 0 Å². The molecule has 0 radical (unpaired) electrons. The highest BCUT2D eigenvalue weighted by molar-refractivity contribution is 6.04. The van der Waals surface area contributed by atoms with Crippen LogP contribution in [0.3, 0.4) is 0 Å². The molecule has 11 heteroatoms. The summed E-state index contributed by atoms with van der Waals surface area (Å²) in [6.07, 6.45) is -4.88. The summed E-state index contributed by atoms with van der Waals surface area (Å²) in [7, 11) is 0. The van der Waals surface area contributed by atoms with Crippen LogP contribution in [0.15, 0.2) is 47.0 Å². The number of rotatable bonds is 6. The molecule has 3 aromatic rings. The van der Waals surface area contributed by atoms with E-state index >= 15 is 0 Å². The van der Waals surface area contributed by atoms with Crippen LogP contribution in [0.5, 0.6) is 0 Å². The lowest BCUT2D eigenvalue weighted by molar-refractivity contribution is -0.136. The van der Waals surface area contributed by atoms with E-state index in [1.165, 1.54) is 18.2 Å². The first-order valence-electron chi connectivity index (χ1n) is 8.99. The van der Waals surface area contributed by atoms with Gasteiger partial charge in [-0.15, -0.1) is 0 Å². The van der Waals surface area contributed by atoms with E-state index in [2.05, 4.69) is 20.8 Å². The number of aromatic nitrogens is 2. The standard InChI is InChI=1S/C20H16F4N4O3/c1-11-25-18(31-28-11)9-8-17(29)27-16-7-6-14(10-15(16)20(22,23)24)26-19(30)12-2-4-13(21)5-3-12/h2-7,10H,8-9H2,1H3,(H,26,30)(H,27,29). The number of halogens is 4. The van der Waals surface area contributed by atoms with Gasteiger partial charge in [-0.2, -0.15) is 18.2 Å². The number of hydrogen-bond acceptors (Lipinski definition) is 5. The monoisotopic (exact) mass is 436 g/mol. The number of amides is 2. The Morgan fingerprint density at radius 1 is 1.06 bits per heavy atom. The maximum atomic E-state index is 13.5. The van der Waals surface area contributed by atoms with Crippen LogP contribution in [-0.2, 0) is 17.4 Å². The predicted molar refractivity (Wildman–Crippen MR) is 102 cm³/mol. The Morgan fingerprint density at radius 2 is 1.77 bits per heavy atom. The van der Waals surface area contributed by atoms with Crippen molar-refractivity contribution in [2.45, 2.75) is 25.9 Å². The molecule has 0 bridgehead atoms. The third-order valence-electron chi connectivity index (χ3n) is 4.10. The smallest absolute Gasteiger partial charge is 0.339 e. The molecule has 162 valence electrons. The summed E-state index contributed by atoms with van der Waals surface area (Å²) < 4.78 is 58.3. The molecule has 0 atom stereocenters. The van der Waals surface area contributed by atoms with Gasteiger partial charge in [-0.3, -0.25) is 9.59 Å². The number of nitrogens with zero attached hydrogens (tertiary/aromatic N) is 2. The summed E-state index contributed by atoms with van der Waals surface area (Å²) in [6, 6.07) is 7.49. The first kappa shape index (κ1) is 21.9. The largest absolute Gasteiger partial charge is 0.418 e. The van der Waals surface area contributed by atoms with E-state index in [-0.39, 0.29) is 30.0 Å². The maximum Gasteiger partial charge on any atom is 0.418 e. The minimum atomic E-state index is -4.79. The van der Waals surface area contributed by atoms with Crippen molar-refractivity contribution in [3.8, 4) is 0 Å². The highest BCUT2D eigenvalue weighted by Gasteiger charge is 2.34. The molecule has 1 heterocycles. The van der Waals surface area contributed by atoms with E-state index in [0.29, 0.717) is 11.9 Å². The number of carbonyl (C=O) groups excluding carboxylic acids is 2. The summed E-state index contributed by atoms with van der Waals surface area (Å²) in [5, 5.41) is 8.09. The van der Waals surface area contributed by atoms with Gasteiger partial charge < -0.3 is 15.2 Å². The van der Waals surface area contributed by atoms with Gasteiger partial charge in [-0.25, -0.2) is 4.39 Å². The molecule has 2 N–H and O–H groups in total. The molecule has 2 amide bonds. The lowest BCUT2D eigenvalue weighted by Crippen LogP contribution is -2.18. The van der Waals surface area contributed by atoms with Gasteiger partial charge in [0.25, 0.3) is 5.91 Å². The lowest BCUT2D eigenvalue weighted by Gasteiger charge is -2.16. The number of benzene rings is 2. The van der Waals surface area contributed by atoms with Gasteiger partial charge >= 0.3 is 6.18 Å². The van der Waals surface area contributed by atoms with Crippen LogP contribution in [-0.4, -0.2) is 22.0 Å². The van der Waals surface area contributed by atoms with Crippen molar-refractivity contribution in [3.05, 3.63) is 71.1 Å². The van der Waals surface area contributed by atoms with Crippen LogP contribution >= 0.6 is 0 Å². The maximum absolute atomic E-state index is 13.5. The zero-order chi connectivity index (χ0) is 22.6. The Hall–Kier alpha value is -3.76. The van der Waals surface area contributed by atoms with E-state index < -0.39 is 35.1 Å².